The highest BCUT2D eigenvalue weighted by molar-refractivity contribution is 5.51. The molecule has 0 amide bonds. The highest BCUT2D eigenvalue weighted by atomic mass is 16.5. The number of hydrogen-bond donors (Lipinski definition) is 1. The summed E-state index contributed by atoms with van der Waals surface area (Å²) in [6.45, 7) is 3.54. The van der Waals surface area contributed by atoms with Gasteiger partial charge in [-0.05, 0) is 24.6 Å². The SMILES string of the molecule is Cc1cnn(CCCOc2ccccc2N)c1. The molecule has 0 spiro atoms. The van der Waals surface area contributed by atoms with Gasteiger partial charge in [-0.3, -0.25) is 4.68 Å². The van der Waals surface area contributed by atoms with Crippen molar-refractivity contribution in [2.75, 3.05) is 12.3 Å². The van der Waals surface area contributed by atoms with Crippen molar-refractivity contribution in [2.24, 2.45) is 0 Å². The largest absolute Gasteiger partial charge is 0.491 e. The van der Waals surface area contributed by atoms with Gasteiger partial charge in [0.05, 0.1) is 18.5 Å². The van der Waals surface area contributed by atoms with Gasteiger partial charge in [-0.15, -0.1) is 0 Å². The number of nitrogen functional groups attached to an aromatic ring is 1. The summed E-state index contributed by atoms with van der Waals surface area (Å²) in [5.41, 5.74) is 7.64. The molecule has 4 nitrogen and oxygen atoms in total. The first-order valence-electron chi connectivity index (χ1n) is 5.72. The van der Waals surface area contributed by atoms with Crippen LogP contribution in [0, 0.1) is 6.92 Å². The van der Waals surface area contributed by atoms with Gasteiger partial charge in [-0.1, -0.05) is 12.1 Å². The van der Waals surface area contributed by atoms with Gasteiger partial charge in [-0.25, -0.2) is 0 Å². The van der Waals surface area contributed by atoms with Crippen molar-refractivity contribution in [3.63, 3.8) is 0 Å². The summed E-state index contributed by atoms with van der Waals surface area (Å²) < 4.78 is 7.52. The first-order valence-corrected chi connectivity index (χ1v) is 5.72. The Morgan fingerprint density at radius 1 is 1.35 bits per heavy atom. The number of anilines is 1. The normalized spacial score (nSPS) is 10.4. The third-order valence-electron chi connectivity index (χ3n) is 2.47. The highest BCUT2D eigenvalue weighted by Gasteiger charge is 1.98. The van der Waals surface area contributed by atoms with Crippen molar-refractivity contribution >= 4 is 5.69 Å². The minimum Gasteiger partial charge on any atom is -0.491 e. The minimum absolute atomic E-state index is 0.646. The molecule has 0 saturated carbocycles. The third-order valence-corrected chi connectivity index (χ3v) is 2.47. The first-order chi connectivity index (χ1) is 8.25. The number of aromatic nitrogens is 2. The molecule has 0 aliphatic carbocycles. The van der Waals surface area contributed by atoms with E-state index in [0.29, 0.717) is 12.3 Å². The molecule has 1 heterocycles. The van der Waals surface area contributed by atoms with E-state index in [1.807, 2.05) is 48.3 Å². The van der Waals surface area contributed by atoms with Crippen LogP contribution in [0.3, 0.4) is 0 Å². The summed E-state index contributed by atoms with van der Waals surface area (Å²) >= 11 is 0. The van der Waals surface area contributed by atoms with Crippen LogP contribution in [-0.2, 0) is 6.54 Å². The fourth-order valence-corrected chi connectivity index (χ4v) is 1.61. The molecular formula is C13H17N3O. The van der Waals surface area contributed by atoms with E-state index >= 15 is 0 Å². The molecule has 2 rings (SSSR count). The van der Waals surface area contributed by atoms with Crippen molar-refractivity contribution in [1.29, 1.82) is 0 Å². The van der Waals surface area contributed by atoms with E-state index in [4.69, 9.17) is 10.5 Å². The van der Waals surface area contributed by atoms with Gasteiger partial charge >= 0.3 is 0 Å². The average molecular weight is 231 g/mol. The Balaban J connectivity index is 1.75. The molecule has 0 fully saturated rings. The van der Waals surface area contributed by atoms with Gasteiger partial charge in [0.1, 0.15) is 5.75 Å². The number of rotatable bonds is 5. The van der Waals surface area contributed by atoms with Crippen LogP contribution in [0.4, 0.5) is 5.69 Å². The lowest BCUT2D eigenvalue weighted by Crippen LogP contribution is -2.05. The van der Waals surface area contributed by atoms with Crippen LogP contribution in [0.15, 0.2) is 36.7 Å². The molecule has 0 aliphatic rings. The summed E-state index contributed by atoms with van der Waals surface area (Å²) in [5.74, 6) is 0.754. The van der Waals surface area contributed by atoms with Gasteiger partial charge in [0, 0.05) is 19.2 Å². The number of benzene rings is 1. The fraction of sp³-hybridized carbons (Fsp3) is 0.308. The Labute approximate surface area is 101 Å². The van der Waals surface area contributed by atoms with Crippen molar-refractivity contribution in [2.45, 2.75) is 19.9 Å². The molecule has 0 radical (unpaired) electrons. The maximum absolute atomic E-state index is 5.77. The van der Waals surface area contributed by atoms with E-state index in [-0.39, 0.29) is 0 Å². The highest BCUT2D eigenvalue weighted by Crippen LogP contribution is 2.19. The molecule has 4 heteroatoms. The van der Waals surface area contributed by atoms with Crippen LogP contribution in [0.2, 0.25) is 0 Å². The molecular weight excluding hydrogens is 214 g/mol. The van der Waals surface area contributed by atoms with E-state index in [1.54, 1.807) is 0 Å². The lowest BCUT2D eigenvalue weighted by atomic mass is 10.3. The van der Waals surface area contributed by atoms with E-state index < -0.39 is 0 Å². The second-order valence-electron chi connectivity index (χ2n) is 4.02. The molecule has 0 unspecified atom stereocenters. The summed E-state index contributed by atoms with van der Waals surface area (Å²) in [6.07, 6.45) is 4.79. The zero-order valence-corrected chi connectivity index (χ0v) is 9.97. The summed E-state index contributed by atoms with van der Waals surface area (Å²) in [5, 5.41) is 4.21. The zero-order chi connectivity index (χ0) is 12.1. The summed E-state index contributed by atoms with van der Waals surface area (Å²) in [7, 11) is 0. The van der Waals surface area contributed by atoms with E-state index in [2.05, 4.69) is 5.10 Å². The van der Waals surface area contributed by atoms with E-state index in [9.17, 15) is 0 Å². The number of hydrogen-bond acceptors (Lipinski definition) is 3. The van der Waals surface area contributed by atoms with Gasteiger partial charge in [0.2, 0.25) is 0 Å². The predicted octanol–water partition coefficient (Wildman–Crippen LogP) is 2.24. The molecule has 17 heavy (non-hydrogen) atoms. The molecule has 0 atom stereocenters. The number of ether oxygens (including phenoxy) is 1. The van der Waals surface area contributed by atoms with Crippen molar-refractivity contribution in [3.8, 4) is 5.75 Å². The Kier molecular flexibility index (Phi) is 3.65. The van der Waals surface area contributed by atoms with Crippen LogP contribution in [0.1, 0.15) is 12.0 Å². The maximum Gasteiger partial charge on any atom is 0.142 e. The maximum atomic E-state index is 5.77. The first kappa shape index (κ1) is 11.5. The zero-order valence-electron chi connectivity index (χ0n) is 9.97. The predicted molar refractivity (Wildman–Crippen MR) is 67.9 cm³/mol. The van der Waals surface area contributed by atoms with Crippen LogP contribution in [0.5, 0.6) is 5.75 Å². The second-order valence-corrected chi connectivity index (χ2v) is 4.02. The Morgan fingerprint density at radius 3 is 2.88 bits per heavy atom. The molecule has 2 aromatic rings. The Hall–Kier alpha value is -1.97. The monoisotopic (exact) mass is 231 g/mol. The standard InChI is InChI=1S/C13H17N3O/c1-11-9-15-16(10-11)7-4-8-17-13-6-3-2-5-12(13)14/h2-3,5-6,9-10H,4,7-8,14H2,1H3. The minimum atomic E-state index is 0.646. The number of para-hydroxylation sites is 2. The van der Waals surface area contributed by atoms with Gasteiger partial charge in [-0.2, -0.15) is 5.10 Å². The van der Waals surface area contributed by atoms with E-state index in [1.165, 1.54) is 5.56 Å². The van der Waals surface area contributed by atoms with Crippen LogP contribution >= 0.6 is 0 Å². The topological polar surface area (TPSA) is 53.1 Å². The van der Waals surface area contributed by atoms with Gasteiger partial charge in [0.25, 0.3) is 0 Å². The number of aryl methyl sites for hydroxylation is 2. The van der Waals surface area contributed by atoms with Crippen molar-refractivity contribution in [1.82, 2.24) is 9.78 Å². The lowest BCUT2D eigenvalue weighted by Gasteiger charge is -2.08. The molecule has 2 N–H and O–H groups in total. The smallest absolute Gasteiger partial charge is 0.142 e. The van der Waals surface area contributed by atoms with E-state index in [0.717, 1.165) is 18.7 Å². The van der Waals surface area contributed by atoms with Crippen molar-refractivity contribution in [3.05, 3.63) is 42.2 Å². The van der Waals surface area contributed by atoms with Crippen molar-refractivity contribution < 1.29 is 4.74 Å². The van der Waals surface area contributed by atoms with Gasteiger partial charge in [0.15, 0.2) is 0 Å². The van der Waals surface area contributed by atoms with Gasteiger partial charge < -0.3 is 10.5 Å². The fourth-order valence-electron chi connectivity index (χ4n) is 1.61. The third kappa shape index (κ3) is 3.24. The average Bonchev–Trinajstić information content (AvgIpc) is 2.73. The molecule has 90 valence electrons. The number of nitrogens with zero attached hydrogens (tertiary/aromatic N) is 2. The Bertz CT molecular complexity index is 479. The number of nitrogens with two attached hydrogens (primary N) is 1. The van der Waals surface area contributed by atoms with Crippen LogP contribution in [0.25, 0.3) is 0 Å². The summed E-state index contributed by atoms with van der Waals surface area (Å²) in [4.78, 5) is 0. The molecule has 0 saturated heterocycles. The quantitative estimate of drug-likeness (QED) is 0.634. The lowest BCUT2D eigenvalue weighted by molar-refractivity contribution is 0.300. The summed E-state index contributed by atoms with van der Waals surface area (Å²) in [6, 6.07) is 7.54. The van der Waals surface area contributed by atoms with Crippen LogP contribution in [-0.4, -0.2) is 16.4 Å². The second kappa shape index (κ2) is 5.39. The molecule has 0 aliphatic heterocycles. The molecule has 0 bridgehead atoms. The molecule has 1 aromatic heterocycles. The van der Waals surface area contributed by atoms with Crippen LogP contribution < -0.4 is 10.5 Å². The molecule has 1 aromatic carbocycles. The Morgan fingerprint density at radius 2 is 2.18 bits per heavy atom.